The topological polar surface area (TPSA) is 74.8 Å². The first kappa shape index (κ1) is 22.7. The second kappa shape index (κ2) is 11.4. The number of nitrogens with zero attached hydrogens (tertiary/aromatic N) is 1. The summed E-state index contributed by atoms with van der Waals surface area (Å²) in [5.41, 5.74) is 2.10. The number of amides is 1. The lowest BCUT2D eigenvalue weighted by molar-refractivity contribution is -0.114. The molecule has 1 amide bonds. The first-order valence-electron chi connectivity index (χ1n) is 8.16. The van der Waals surface area contributed by atoms with Crippen LogP contribution in [-0.4, -0.2) is 26.0 Å². The third-order valence-corrected chi connectivity index (χ3v) is 3.66. The van der Waals surface area contributed by atoms with Crippen molar-refractivity contribution in [3.05, 3.63) is 59.4 Å². The van der Waals surface area contributed by atoms with Gasteiger partial charge in [-0.05, 0) is 23.8 Å². The normalized spacial score (nSPS) is 10.6. The first-order chi connectivity index (χ1) is 12.5. The molecule has 146 valence electrons. The minimum atomic E-state index is -0.259. The predicted molar refractivity (Wildman–Crippen MR) is 116 cm³/mol. The lowest BCUT2D eigenvalue weighted by Crippen LogP contribution is -2.36. The van der Waals surface area contributed by atoms with Crippen LogP contribution in [0.3, 0.4) is 0 Å². The minimum Gasteiger partial charge on any atom is -0.495 e. The number of carbonyl (C=O) groups excluding carboxylic acids is 1. The summed E-state index contributed by atoms with van der Waals surface area (Å²) in [6.45, 7) is 2.25. The number of hydrogen-bond acceptors (Lipinski definition) is 3. The van der Waals surface area contributed by atoms with Crippen LogP contribution in [0.5, 0.6) is 5.75 Å². The van der Waals surface area contributed by atoms with Crippen molar-refractivity contribution in [1.82, 2.24) is 10.6 Å². The maximum absolute atomic E-state index is 13.7. The quantitative estimate of drug-likeness (QED) is 0.333. The van der Waals surface area contributed by atoms with Crippen molar-refractivity contribution in [3.63, 3.8) is 0 Å². The second-order valence-electron chi connectivity index (χ2n) is 5.59. The van der Waals surface area contributed by atoms with E-state index in [1.807, 2.05) is 12.1 Å². The molecule has 2 rings (SSSR count). The number of benzene rings is 2. The van der Waals surface area contributed by atoms with E-state index in [1.165, 1.54) is 13.0 Å². The number of guanidine groups is 1. The molecule has 0 spiro atoms. The van der Waals surface area contributed by atoms with Crippen molar-refractivity contribution in [2.45, 2.75) is 20.0 Å². The van der Waals surface area contributed by atoms with Crippen LogP contribution in [-0.2, 0) is 17.9 Å². The van der Waals surface area contributed by atoms with Crippen LogP contribution in [0.1, 0.15) is 18.1 Å². The van der Waals surface area contributed by atoms with Gasteiger partial charge in [0.05, 0.1) is 12.8 Å². The number of halogens is 2. The molecule has 0 bridgehead atoms. The standard InChI is InChI=1S/C19H23FN4O2.HI/c1-13(25)24-17-10-14(8-9-18(17)26-3)11-22-19(21-2)23-12-15-6-4-5-7-16(15)20;/h4-10H,11-12H2,1-3H3,(H,24,25)(H2,21,22,23);1H. The maximum atomic E-state index is 13.7. The molecule has 0 aliphatic carbocycles. The smallest absolute Gasteiger partial charge is 0.221 e. The molecule has 6 nitrogen and oxygen atoms in total. The molecule has 0 saturated carbocycles. The Morgan fingerprint density at radius 1 is 1.15 bits per heavy atom. The highest BCUT2D eigenvalue weighted by atomic mass is 127. The zero-order chi connectivity index (χ0) is 18.9. The van der Waals surface area contributed by atoms with Gasteiger partial charge in [-0.25, -0.2) is 4.39 Å². The van der Waals surface area contributed by atoms with Crippen LogP contribution in [0.4, 0.5) is 10.1 Å². The summed E-state index contributed by atoms with van der Waals surface area (Å²) in [5.74, 6) is 0.706. The summed E-state index contributed by atoms with van der Waals surface area (Å²) in [4.78, 5) is 15.4. The van der Waals surface area contributed by atoms with E-state index in [9.17, 15) is 9.18 Å². The molecule has 0 radical (unpaired) electrons. The number of anilines is 1. The van der Waals surface area contributed by atoms with Gasteiger partial charge in [-0.1, -0.05) is 24.3 Å². The van der Waals surface area contributed by atoms with Crippen molar-refractivity contribution in [2.24, 2.45) is 4.99 Å². The van der Waals surface area contributed by atoms with Crippen molar-refractivity contribution in [2.75, 3.05) is 19.5 Å². The van der Waals surface area contributed by atoms with Gasteiger partial charge in [0.1, 0.15) is 11.6 Å². The van der Waals surface area contributed by atoms with Gasteiger partial charge in [0.25, 0.3) is 0 Å². The van der Waals surface area contributed by atoms with Crippen LogP contribution >= 0.6 is 24.0 Å². The molecule has 0 fully saturated rings. The van der Waals surface area contributed by atoms with E-state index in [1.54, 1.807) is 38.4 Å². The van der Waals surface area contributed by atoms with Crippen LogP contribution in [0.15, 0.2) is 47.5 Å². The molecule has 0 aromatic heterocycles. The van der Waals surface area contributed by atoms with Gasteiger partial charge >= 0.3 is 0 Å². The summed E-state index contributed by atoms with van der Waals surface area (Å²) in [6.07, 6.45) is 0. The monoisotopic (exact) mass is 486 g/mol. The number of hydrogen-bond donors (Lipinski definition) is 3. The molecule has 0 atom stereocenters. The van der Waals surface area contributed by atoms with Gasteiger partial charge < -0.3 is 20.7 Å². The van der Waals surface area contributed by atoms with Gasteiger partial charge in [-0.3, -0.25) is 9.79 Å². The Balaban J connectivity index is 0.00000364. The third-order valence-electron chi connectivity index (χ3n) is 3.66. The fourth-order valence-electron chi connectivity index (χ4n) is 2.38. The fraction of sp³-hybridized carbons (Fsp3) is 0.263. The Labute approximate surface area is 175 Å². The number of aliphatic imine (C=N–C) groups is 1. The second-order valence-corrected chi connectivity index (χ2v) is 5.59. The largest absolute Gasteiger partial charge is 0.495 e. The van der Waals surface area contributed by atoms with Crippen LogP contribution in [0.2, 0.25) is 0 Å². The minimum absolute atomic E-state index is 0. The zero-order valence-corrected chi connectivity index (χ0v) is 17.8. The summed E-state index contributed by atoms with van der Waals surface area (Å²) in [5, 5.41) is 8.97. The zero-order valence-electron chi connectivity index (χ0n) is 15.5. The highest BCUT2D eigenvalue weighted by Gasteiger charge is 2.07. The summed E-state index contributed by atoms with van der Waals surface area (Å²) < 4.78 is 18.9. The molecule has 0 aliphatic rings. The highest BCUT2D eigenvalue weighted by Crippen LogP contribution is 2.25. The first-order valence-corrected chi connectivity index (χ1v) is 8.16. The average molecular weight is 486 g/mol. The Hall–Kier alpha value is -2.36. The van der Waals surface area contributed by atoms with E-state index < -0.39 is 0 Å². The maximum Gasteiger partial charge on any atom is 0.221 e. The molecule has 0 aliphatic heterocycles. The van der Waals surface area contributed by atoms with E-state index in [-0.39, 0.29) is 35.7 Å². The number of nitrogens with one attached hydrogen (secondary N) is 3. The summed E-state index contributed by atoms with van der Waals surface area (Å²) >= 11 is 0. The molecule has 0 unspecified atom stereocenters. The van der Waals surface area contributed by atoms with Crippen LogP contribution < -0.4 is 20.7 Å². The molecule has 0 heterocycles. The molecular weight excluding hydrogens is 462 g/mol. The van der Waals surface area contributed by atoms with Crippen molar-refractivity contribution in [1.29, 1.82) is 0 Å². The van der Waals surface area contributed by atoms with Crippen molar-refractivity contribution < 1.29 is 13.9 Å². The van der Waals surface area contributed by atoms with E-state index in [4.69, 9.17) is 4.74 Å². The van der Waals surface area contributed by atoms with E-state index in [0.717, 1.165) is 5.56 Å². The fourth-order valence-corrected chi connectivity index (χ4v) is 2.38. The van der Waals surface area contributed by atoms with E-state index >= 15 is 0 Å². The number of carbonyl (C=O) groups is 1. The molecule has 27 heavy (non-hydrogen) atoms. The van der Waals surface area contributed by atoms with Gasteiger partial charge in [-0.15, -0.1) is 24.0 Å². The molecule has 0 saturated heterocycles. The third kappa shape index (κ3) is 7.05. The van der Waals surface area contributed by atoms with E-state index in [0.29, 0.717) is 36.0 Å². The van der Waals surface area contributed by atoms with Crippen molar-refractivity contribution in [3.8, 4) is 5.75 Å². The van der Waals surface area contributed by atoms with Crippen molar-refractivity contribution >= 4 is 41.5 Å². The van der Waals surface area contributed by atoms with Gasteiger partial charge in [0.2, 0.25) is 5.91 Å². The molecular formula is C19H24FIN4O2. The number of methoxy groups -OCH3 is 1. The Morgan fingerprint density at radius 3 is 2.48 bits per heavy atom. The van der Waals surface area contributed by atoms with Gasteiger partial charge in [0.15, 0.2) is 5.96 Å². The molecule has 2 aromatic carbocycles. The molecule has 8 heteroatoms. The van der Waals surface area contributed by atoms with Crippen LogP contribution in [0, 0.1) is 5.82 Å². The van der Waals surface area contributed by atoms with Gasteiger partial charge in [0, 0.05) is 32.6 Å². The van der Waals surface area contributed by atoms with E-state index in [2.05, 4.69) is 20.9 Å². The van der Waals surface area contributed by atoms with Crippen LogP contribution in [0.25, 0.3) is 0 Å². The lowest BCUT2D eigenvalue weighted by Gasteiger charge is -2.14. The lowest BCUT2D eigenvalue weighted by atomic mass is 10.2. The summed E-state index contributed by atoms with van der Waals surface area (Å²) in [6, 6.07) is 12.1. The molecule has 2 aromatic rings. The Morgan fingerprint density at radius 2 is 1.85 bits per heavy atom. The average Bonchev–Trinajstić information content (AvgIpc) is 2.63. The SMILES string of the molecule is CN=C(NCc1ccc(OC)c(NC(C)=O)c1)NCc1ccccc1F.I. The van der Waals surface area contributed by atoms with Gasteiger partial charge in [-0.2, -0.15) is 0 Å². The molecule has 3 N–H and O–H groups in total. The summed E-state index contributed by atoms with van der Waals surface area (Å²) in [7, 11) is 3.19. The number of rotatable bonds is 6. The number of ether oxygens (including phenoxy) is 1. The Bertz CT molecular complexity index is 799. The Kier molecular flexibility index (Phi) is 9.55. The highest BCUT2D eigenvalue weighted by molar-refractivity contribution is 14.0. The predicted octanol–water partition coefficient (Wildman–Crippen LogP) is 3.28.